The molecule has 0 radical (unpaired) electrons. The molecular weight excluding hydrogens is 314 g/mol. The molecule has 6 nitrogen and oxygen atoms in total. The van der Waals surface area contributed by atoms with Gasteiger partial charge in [-0.1, -0.05) is 13.0 Å². The van der Waals surface area contributed by atoms with Gasteiger partial charge < -0.3 is 15.0 Å². The molecule has 0 amide bonds. The Kier molecular flexibility index (Phi) is 5.58. The van der Waals surface area contributed by atoms with E-state index in [1.54, 1.807) is 11.8 Å². The minimum Gasteiger partial charge on any atom is -0.481 e. The quantitative estimate of drug-likeness (QED) is 0.874. The molecule has 3 rings (SSSR count). The number of nitrogens with zero attached hydrogens (tertiary/aromatic N) is 4. The Morgan fingerprint density at radius 2 is 2.00 bits per heavy atom. The Morgan fingerprint density at radius 1 is 1.24 bits per heavy atom. The van der Waals surface area contributed by atoms with Crippen molar-refractivity contribution in [3.8, 4) is 5.88 Å². The summed E-state index contributed by atoms with van der Waals surface area (Å²) in [6.45, 7) is 8.09. The molecule has 1 aliphatic rings. The predicted molar refractivity (Wildman–Crippen MR) is 99.9 cm³/mol. The second-order valence-electron chi connectivity index (χ2n) is 6.99. The molecule has 0 aromatic carbocycles. The van der Waals surface area contributed by atoms with Gasteiger partial charge in [-0.15, -0.1) is 0 Å². The smallest absolute Gasteiger partial charge is 0.216 e. The zero-order valence-corrected chi connectivity index (χ0v) is 15.7. The normalized spacial score (nSPS) is 15.6. The van der Waals surface area contributed by atoms with Crippen LogP contribution in [0.3, 0.4) is 0 Å². The summed E-state index contributed by atoms with van der Waals surface area (Å²) in [5, 5.41) is 7.87. The number of ether oxygens (including phenoxy) is 1. The molecule has 2 aromatic rings. The summed E-state index contributed by atoms with van der Waals surface area (Å²) in [7, 11) is 3.59. The minimum absolute atomic E-state index is 0.731. The molecular formula is C19H29N5O. The summed E-state index contributed by atoms with van der Waals surface area (Å²) in [4.78, 5) is 7.04. The summed E-state index contributed by atoms with van der Waals surface area (Å²) in [5.74, 6) is 2.76. The summed E-state index contributed by atoms with van der Waals surface area (Å²) in [6.07, 6.45) is 4.50. The van der Waals surface area contributed by atoms with Gasteiger partial charge in [0.25, 0.3) is 0 Å². The van der Waals surface area contributed by atoms with E-state index in [4.69, 9.17) is 4.74 Å². The lowest BCUT2D eigenvalue weighted by molar-refractivity contribution is 0.368. The Bertz CT molecular complexity index is 687. The molecule has 136 valence electrons. The van der Waals surface area contributed by atoms with Crippen molar-refractivity contribution in [2.45, 2.75) is 39.8 Å². The van der Waals surface area contributed by atoms with E-state index in [1.165, 1.54) is 18.4 Å². The summed E-state index contributed by atoms with van der Waals surface area (Å²) < 4.78 is 7.21. The molecule has 0 bridgehead atoms. The number of nitrogens with one attached hydrogen (secondary N) is 1. The van der Waals surface area contributed by atoms with Gasteiger partial charge in [-0.2, -0.15) is 5.10 Å². The molecule has 6 heteroatoms. The van der Waals surface area contributed by atoms with Crippen molar-refractivity contribution in [1.29, 1.82) is 0 Å². The third kappa shape index (κ3) is 4.12. The van der Waals surface area contributed by atoms with E-state index in [9.17, 15) is 0 Å². The molecule has 3 heterocycles. The van der Waals surface area contributed by atoms with Gasteiger partial charge in [0.2, 0.25) is 5.88 Å². The molecule has 0 unspecified atom stereocenters. The summed E-state index contributed by atoms with van der Waals surface area (Å²) in [5.41, 5.74) is 3.30. The molecule has 2 aromatic heterocycles. The van der Waals surface area contributed by atoms with Crippen LogP contribution < -0.4 is 15.0 Å². The van der Waals surface area contributed by atoms with E-state index < -0.39 is 0 Å². The van der Waals surface area contributed by atoms with Crippen LogP contribution in [-0.4, -0.2) is 35.0 Å². The molecule has 1 fully saturated rings. The van der Waals surface area contributed by atoms with E-state index in [2.05, 4.69) is 39.4 Å². The second-order valence-corrected chi connectivity index (χ2v) is 6.99. The fourth-order valence-corrected chi connectivity index (χ4v) is 3.42. The van der Waals surface area contributed by atoms with E-state index in [0.717, 1.165) is 55.1 Å². The number of aryl methyl sites for hydroxylation is 2. The number of aromatic nitrogens is 3. The maximum atomic E-state index is 5.43. The van der Waals surface area contributed by atoms with Crippen molar-refractivity contribution >= 4 is 5.82 Å². The van der Waals surface area contributed by atoms with Gasteiger partial charge in [0.05, 0.1) is 18.4 Å². The third-order valence-corrected chi connectivity index (χ3v) is 5.03. The van der Waals surface area contributed by atoms with E-state index in [-0.39, 0.29) is 0 Å². The van der Waals surface area contributed by atoms with Gasteiger partial charge in [-0.05, 0) is 37.3 Å². The Balaban J connectivity index is 1.54. The van der Waals surface area contributed by atoms with Crippen LogP contribution in [0.1, 0.15) is 36.6 Å². The minimum atomic E-state index is 0.731. The van der Waals surface area contributed by atoms with Crippen LogP contribution in [0, 0.1) is 12.8 Å². The number of piperidine rings is 1. The standard InChI is InChI=1S/C19H29N5O/c1-14-7-9-24(10-8-14)18-6-5-16(12-21-18)11-20-13-17-15(2)22-23(3)19(17)25-4/h5-6,12,14,20H,7-11,13H2,1-4H3. The van der Waals surface area contributed by atoms with Gasteiger partial charge in [-0.3, -0.25) is 0 Å². The largest absolute Gasteiger partial charge is 0.481 e. The molecule has 1 aliphatic heterocycles. The summed E-state index contributed by atoms with van der Waals surface area (Å²) >= 11 is 0. The van der Waals surface area contributed by atoms with Crippen molar-refractivity contribution < 1.29 is 4.74 Å². The van der Waals surface area contributed by atoms with Crippen molar-refractivity contribution in [3.63, 3.8) is 0 Å². The Labute approximate surface area is 150 Å². The molecule has 0 atom stereocenters. The predicted octanol–water partition coefficient (Wildman–Crippen LogP) is 2.66. The van der Waals surface area contributed by atoms with Crippen molar-refractivity contribution in [2.24, 2.45) is 13.0 Å². The zero-order chi connectivity index (χ0) is 17.8. The number of methoxy groups -OCH3 is 1. The number of rotatable bonds is 6. The van der Waals surface area contributed by atoms with E-state index >= 15 is 0 Å². The van der Waals surface area contributed by atoms with Gasteiger partial charge in [0, 0.05) is 39.4 Å². The number of anilines is 1. The number of pyridine rings is 1. The van der Waals surface area contributed by atoms with Crippen molar-refractivity contribution in [1.82, 2.24) is 20.1 Å². The highest BCUT2D eigenvalue weighted by Crippen LogP contribution is 2.22. The summed E-state index contributed by atoms with van der Waals surface area (Å²) in [6, 6.07) is 4.31. The maximum absolute atomic E-state index is 5.43. The van der Waals surface area contributed by atoms with Crippen LogP contribution in [0.5, 0.6) is 5.88 Å². The monoisotopic (exact) mass is 343 g/mol. The average molecular weight is 343 g/mol. The fourth-order valence-electron chi connectivity index (χ4n) is 3.42. The number of hydrogen-bond acceptors (Lipinski definition) is 5. The van der Waals surface area contributed by atoms with Crippen LogP contribution >= 0.6 is 0 Å². The van der Waals surface area contributed by atoms with Gasteiger partial charge in [0.15, 0.2) is 0 Å². The average Bonchev–Trinajstić information content (AvgIpc) is 2.89. The first kappa shape index (κ1) is 17.7. The molecule has 0 saturated carbocycles. The van der Waals surface area contributed by atoms with Crippen LogP contribution in [0.15, 0.2) is 18.3 Å². The second kappa shape index (κ2) is 7.87. The van der Waals surface area contributed by atoms with Crippen LogP contribution in [0.4, 0.5) is 5.82 Å². The van der Waals surface area contributed by atoms with E-state index in [1.807, 2.05) is 20.2 Å². The van der Waals surface area contributed by atoms with Crippen molar-refractivity contribution in [2.75, 3.05) is 25.1 Å². The lowest BCUT2D eigenvalue weighted by atomic mass is 9.99. The van der Waals surface area contributed by atoms with Crippen LogP contribution in [0.25, 0.3) is 0 Å². The first-order valence-corrected chi connectivity index (χ1v) is 9.05. The Hall–Kier alpha value is -2.08. The Morgan fingerprint density at radius 3 is 2.64 bits per heavy atom. The van der Waals surface area contributed by atoms with Gasteiger partial charge >= 0.3 is 0 Å². The van der Waals surface area contributed by atoms with Crippen LogP contribution in [-0.2, 0) is 20.1 Å². The number of hydrogen-bond donors (Lipinski definition) is 1. The topological polar surface area (TPSA) is 55.2 Å². The fraction of sp³-hybridized carbons (Fsp3) is 0.579. The zero-order valence-electron chi connectivity index (χ0n) is 15.7. The molecule has 25 heavy (non-hydrogen) atoms. The van der Waals surface area contributed by atoms with Gasteiger partial charge in [-0.25, -0.2) is 9.67 Å². The lowest BCUT2D eigenvalue weighted by Gasteiger charge is -2.31. The lowest BCUT2D eigenvalue weighted by Crippen LogP contribution is -2.33. The first-order valence-electron chi connectivity index (χ1n) is 9.05. The third-order valence-electron chi connectivity index (χ3n) is 5.03. The molecule has 1 N–H and O–H groups in total. The highest BCUT2D eigenvalue weighted by molar-refractivity contribution is 5.39. The highest BCUT2D eigenvalue weighted by Gasteiger charge is 2.17. The SMILES string of the molecule is COc1c(CNCc2ccc(N3CCC(C)CC3)nc2)c(C)nn1C. The van der Waals surface area contributed by atoms with E-state index in [0.29, 0.717) is 0 Å². The maximum Gasteiger partial charge on any atom is 0.216 e. The van der Waals surface area contributed by atoms with Gasteiger partial charge in [0.1, 0.15) is 5.82 Å². The highest BCUT2D eigenvalue weighted by atomic mass is 16.5. The van der Waals surface area contributed by atoms with Crippen LogP contribution in [0.2, 0.25) is 0 Å². The first-order chi connectivity index (χ1) is 12.1. The molecule has 0 spiro atoms. The molecule has 0 aliphatic carbocycles. The van der Waals surface area contributed by atoms with Crippen molar-refractivity contribution in [3.05, 3.63) is 35.2 Å². The molecule has 1 saturated heterocycles.